The van der Waals surface area contributed by atoms with Crippen LogP contribution in [0.2, 0.25) is 0 Å². The summed E-state index contributed by atoms with van der Waals surface area (Å²) in [6, 6.07) is 63.6. The Bertz CT molecular complexity index is 2860. The SMILES string of the molecule is c1ccc(-c2cccc(-c3nc(-c4ccc(-c5nc(-c6ccccc6)nc6c5oc5ccccc56)cc4)nc(-c4cccc(-c5ccccc5)c4)n3)c2)cc1. The summed E-state index contributed by atoms with van der Waals surface area (Å²) < 4.78 is 6.40. The molecular formula is C49H31N5O. The van der Waals surface area contributed by atoms with Gasteiger partial charge in [-0.2, -0.15) is 0 Å². The second-order valence-electron chi connectivity index (χ2n) is 13.3. The number of para-hydroxylation sites is 1. The first-order valence-electron chi connectivity index (χ1n) is 18.2. The van der Waals surface area contributed by atoms with Crippen molar-refractivity contribution in [2.75, 3.05) is 0 Å². The second-order valence-corrected chi connectivity index (χ2v) is 13.3. The largest absolute Gasteiger partial charge is 0.452 e. The van der Waals surface area contributed by atoms with Crippen LogP contribution in [0.1, 0.15) is 0 Å². The van der Waals surface area contributed by atoms with Crippen LogP contribution in [0, 0.1) is 0 Å². The molecule has 0 amide bonds. The highest BCUT2D eigenvalue weighted by atomic mass is 16.3. The molecule has 0 spiro atoms. The average Bonchev–Trinajstić information content (AvgIpc) is 3.66. The number of nitrogens with zero attached hydrogens (tertiary/aromatic N) is 5. The van der Waals surface area contributed by atoms with Crippen molar-refractivity contribution >= 4 is 22.1 Å². The van der Waals surface area contributed by atoms with Gasteiger partial charge in [0.05, 0.1) is 0 Å². The predicted molar refractivity (Wildman–Crippen MR) is 221 cm³/mol. The molecule has 55 heavy (non-hydrogen) atoms. The minimum Gasteiger partial charge on any atom is -0.452 e. The van der Waals surface area contributed by atoms with Gasteiger partial charge in [0.2, 0.25) is 0 Å². The Labute approximate surface area is 317 Å². The molecule has 6 heteroatoms. The standard InChI is InChI=1S/C49H31N5O/c1-4-14-32(15-5-1)37-20-12-22-39(30-37)48-52-47(53-49(54-48)40-23-13-21-38(31-40)33-16-6-2-7-17-33)36-28-26-34(27-29-36)43-45-44(41-24-10-11-25-42(41)55-45)51-46(50-43)35-18-8-3-9-19-35/h1-31H. The molecule has 0 N–H and O–H groups in total. The van der Waals surface area contributed by atoms with E-state index in [-0.39, 0.29) is 0 Å². The third-order valence-electron chi connectivity index (χ3n) is 9.76. The van der Waals surface area contributed by atoms with Crippen molar-refractivity contribution in [3.05, 3.63) is 188 Å². The van der Waals surface area contributed by atoms with Crippen molar-refractivity contribution < 1.29 is 4.42 Å². The van der Waals surface area contributed by atoms with Crippen molar-refractivity contribution in [1.82, 2.24) is 24.9 Å². The fourth-order valence-electron chi connectivity index (χ4n) is 6.98. The lowest BCUT2D eigenvalue weighted by molar-refractivity contribution is 0.667. The normalized spacial score (nSPS) is 11.3. The number of furan rings is 1. The molecule has 0 fully saturated rings. The summed E-state index contributed by atoms with van der Waals surface area (Å²) in [6.07, 6.45) is 0. The molecule has 0 aliphatic carbocycles. The highest BCUT2D eigenvalue weighted by Crippen LogP contribution is 2.37. The Balaban J connectivity index is 1.10. The monoisotopic (exact) mass is 705 g/mol. The van der Waals surface area contributed by atoms with Gasteiger partial charge >= 0.3 is 0 Å². The lowest BCUT2D eigenvalue weighted by atomic mass is 10.0. The van der Waals surface area contributed by atoms with E-state index in [0.717, 1.165) is 72.3 Å². The van der Waals surface area contributed by atoms with E-state index in [1.165, 1.54) is 0 Å². The van der Waals surface area contributed by atoms with E-state index in [9.17, 15) is 0 Å². The molecule has 0 radical (unpaired) electrons. The summed E-state index contributed by atoms with van der Waals surface area (Å²) in [6.45, 7) is 0. The number of hydrogen-bond donors (Lipinski definition) is 0. The zero-order chi connectivity index (χ0) is 36.6. The van der Waals surface area contributed by atoms with E-state index in [1.807, 2.05) is 115 Å². The van der Waals surface area contributed by atoms with Gasteiger partial charge < -0.3 is 4.42 Å². The Morgan fingerprint density at radius 2 is 0.709 bits per heavy atom. The fourth-order valence-corrected chi connectivity index (χ4v) is 6.98. The van der Waals surface area contributed by atoms with E-state index < -0.39 is 0 Å². The highest BCUT2D eigenvalue weighted by Gasteiger charge is 2.19. The molecule has 10 aromatic rings. The maximum Gasteiger partial charge on any atom is 0.180 e. The van der Waals surface area contributed by atoms with Crippen molar-refractivity contribution in [3.8, 4) is 79.1 Å². The van der Waals surface area contributed by atoms with Crippen LogP contribution >= 0.6 is 0 Å². The van der Waals surface area contributed by atoms with Crippen LogP contribution in [-0.2, 0) is 0 Å². The molecule has 3 heterocycles. The van der Waals surface area contributed by atoms with E-state index >= 15 is 0 Å². The fraction of sp³-hybridized carbons (Fsp3) is 0. The predicted octanol–water partition coefficient (Wildman–Crippen LogP) is 12.2. The van der Waals surface area contributed by atoms with Crippen molar-refractivity contribution in [2.24, 2.45) is 0 Å². The van der Waals surface area contributed by atoms with Gasteiger partial charge in [-0.25, -0.2) is 24.9 Å². The lowest BCUT2D eigenvalue weighted by Crippen LogP contribution is -2.00. The first-order chi connectivity index (χ1) is 27.2. The van der Waals surface area contributed by atoms with Crippen LogP contribution in [0.5, 0.6) is 0 Å². The van der Waals surface area contributed by atoms with Gasteiger partial charge in [-0.3, -0.25) is 0 Å². The molecule has 0 bridgehead atoms. The Kier molecular flexibility index (Phi) is 8.04. The first-order valence-corrected chi connectivity index (χ1v) is 18.2. The third kappa shape index (κ3) is 6.22. The topological polar surface area (TPSA) is 77.6 Å². The average molecular weight is 706 g/mol. The zero-order valence-electron chi connectivity index (χ0n) is 29.5. The van der Waals surface area contributed by atoms with E-state index in [0.29, 0.717) is 28.9 Å². The van der Waals surface area contributed by atoms with E-state index in [4.69, 9.17) is 29.3 Å². The molecule has 0 saturated heterocycles. The Morgan fingerprint density at radius 1 is 0.291 bits per heavy atom. The van der Waals surface area contributed by atoms with Gasteiger partial charge in [0.1, 0.15) is 16.8 Å². The quantitative estimate of drug-likeness (QED) is 0.164. The van der Waals surface area contributed by atoms with Crippen molar-refractivity contribution in [1.29, 1.82) is 0 Å². The van der Waals surface area contributed by atoms with Crippen LogP contribution in [0.3, 0.4) is 0 Å². The molecule has 0 aliphatic rings. The molecule has 258 valence electrons. The molecule has 0 unspecified atom stereocenters. The van der Waals surface area contributed by atoms with Gasteiger partial charge in [0, 0.05) is 33.2 Å². The van der Waals surface area contributed by atoms with Gasteiger partial charge in [-0.15, -0.1) is 0 Å². The molecule has 10 rings (SSSR count). The highest BCUT2D eigenvalue weighted by molar-refractivity contribution is 6.07. The number of aromatic nitrogens is 5. The second kappa shape index (κ2) is 13.8. The van der Waals surface area contributed by atoms with Gasteiger partial charge in [0.25, 0.3) is 0 Å². The molecular weight excluding hydrogens is 675 g/mol. The van der Waals surface area contributed by atoms with Crippen LogP contribution in [0.15, 0.2) is 192 Å². The maximum atomic E-state index is 6.40. The smallest absolute Gasteiger partial charge is 0.180 e. The van der Waals surface area contributed by atoms with Crippen LogP contribution < -0.4 is 0 Å². The zero-order valence-corrected chi connectivity index (χ0v) is 29.5. The van der Waals surface area contributed by atoms with Crippen LogP contribution in [-0.4, -0.2) is 24.9 Å². The minimum atomic E-state index is 0.573. The summed E-state index contributed by atoms with van der Waals surface area (Å²) in [5.74, 6) is 2.41. The van der Waals surface area contributed by atoms with Crippen LogP contribution in [0.4, 0.5) is 0 Å². The summed E-state index contributed by atoms with van der Waals surface area (Å²) >= 11 is 0. The summed E-state index contributed by atoms with van der Waals surface area (Å²) in [5.41, 5.74) is 11.9. The number of fused-ring (bicyclic) bond motifs is 3. The molecule has 0 atom stereocenters. The van der Waals surface area contributed by atoms with Crippen LogP contribution in [0.25, 0.3) is 101 Å². The van der Waals surface area contributed by atoms with Crippen molar-refractivity contribution in [2.45, 2.75) is 0 Å². The van der Waals surface area contributed by atoms with Crippen molar-refractivity contribution in [3.63, 3.8) is 0 Å². The van der Waals surface area contributed by atoms with Gasteiger partial charge in [-0.1, -0.05) is 164 Å². The van der Waals surface area contributed by atoms with E-state index in [2.05, 4.69) is 72.8 Å². The number of rotatable bonds is 7. The first kappa shape index (κ1) is 32.1. The van der Waals surface area contributed by atoms with Gasteiger partial charge in [0.15, 0.2) is 28.9 Å². The minimum absolute atomic E-state index is 0.573. The summed E-state index contributed by atoms with van der Waals surface area (Å²) in [7, 11) is 0. The molecule has 7 aromatic carbocycles. The molecule has 6 nitrogen and oxygen atoms in total. The Hall–Kier alpha value is -7.57. The van der Waals surface area contributed by atoms with E-state index in [1.54, 1.807) is 0 Å². The lowest BCUT2D eigenvalue weighted by Gasteiger charge is -2.11. The summed E-state index contributed by atoms with van der Waals surface area (Å²) in [5, 5.41) is 0.952. The number of hydrogen-bond acceptors (Lipinski definition) is 6. The summed E-state index contributed by atoms with van der Waals surface area (Å²) in [4.78, 5) is 25.3. The molecule has 3 aromatic heterocycles. The van der Waals surface area contributed by atoms with Gasteiger partial charge in [-0.05, 0) is 46.5 Å². The maximum absolute atomic E-state index is 6.40. The molecule has 0 aliphatic heterocycles. The molecule has 0 saturated carbocycles. The number of benzene rings is 7. The Morgan fingerprint density at radius 3 is 1.29 bits per heavy atom. The third-order valence-corrected chi connectivity index (χ3v) is 9.76.